The van der Waals surface area contributed by atoms with Crippen LogP contribution >= 0.6 is 0 Å². The highest BCUT2D eigenvalue weighted by molar-refractivity contribution is 5.95. The molecule has 0 saturated carbocycles. The van der Waals surface area contributed by atoms with E-state index in [0.29, 0.717) is 0 Å². The molecule has 0 bridgehead atoms. The molecular weight excluding hydrogens is 280 g/mol. The number of hydrogen-bond acceptors (Lipinski definition) is 5. The van der Waals surface area contributed by atoms with Crippen molar-refractivity contribution in [3.8, 4) is 0 Å². The number of likely N-dealkylation sites (N-methyl/N-ethyl adjacent to an activating group) is 1. The molecule has 0 aromatic carbocycles. The maximum atomic E-state index is 12.4. The zero-order valence-corrected chi connectivity index (χ0v) is 13.9. The van der Waals surface area contributed by atoms with E-state index < -0.39 is 0 Å². The third kappa shape index (κ3) is 3.75. The van der Waals surface area contributed by atoms with E-state index in [2.05, 4.69) is 29.0 Å². The first-order chi connectivity index (χ1) is 10.6. The van der Waals surface area contributed by atoms with Crippen LogP contribution in [0.25, 0.3) is 0 Å². The number of carbonyl (C=O) groups excluding carboxylic acids is 1. The van der Waals surface area contributed by atoms with Crippen molar-refractivity contribution in [3.63, 3.8) is 0 Å². The molecule has 1 aromatic rings. The van der Waals surface area contributed by atoms with Gasteiger partial charge in [0, 0.05) is 26.7 Å². The maximum Gasteiger partial charge on any atom is 0.241 e. The summed E-state index contributed by atoms with van der Waals surface area (Å²) in [6.07, 6.45) is 2.57. The Morgan fingerprint density at radius 2 is 2.18 bits per heavy atom. The van der Waals surface area contributed by atoms with Crippen LogP contribution in [0.3, 0.4) is 0 Å². The number of likely N-dealkylation sites (tertiary alicyclic amines) is 1. The first-order valence-electron chi connectivity index (χ1n) is 7.83. The molecule has 0 spiro atoms. The molecule has 1 N–H and O–H groups in total. The van der Waals surface area contributed by atoms with Gasteiger partial charge in [-0.05, 0) is 39.4 Å². The van der Waals surface area contributed by atoms with E-state index in [1.165, 1.54) is 0 Å². The molecule has 2 atom stereocenters. The standard InChI is InChI=1S/C16H26N4O2/c1-5-20(6-2)15-8-7-12(10-17-15)18-16(21)14-9-13(22-4)11-19(14)3/h7-8,10,13-14H,5-6,9,11H2,1-4H3,(H,18,21)/t13-,14-/m0/s1. The Morgan fingerprint density at radius 1 is 1.45 bits per heavy atom. The van der Waals surface area contributed by atoms with E-state index in [0.717, 1.165) is 37.6 Å². The first-order valence-corrected chi connectivity index (χ1v) is 7.83. The van der Waals surface area contributed by atoms with Crippen molar-refractivity contribution in [1.29, 1.82) is 0 Å². The average Bonchev–Trinajstić information content (AvgIpc) is 2.91. The molecular formula is C16H26N4O2. The zero-order valence-electron chi connectivity index (χ0n) is 13.9. The van der Waals surface area contributed by atoms with Crippen molar-refractivity contribution in [2.45, 2.75) is 32.4 Å². The summed E-state index contributed by atoms with van der Waals surface area (Å²) in [5.41, 5.74) is 0.732. The van der Waals surface area contributed by atoms with Crippen LogP contribution in [0.1, 0.15) is 20.3 Å². The second-order valence-electron chi connectivity index (χ2n) is 5.62. The molecule has 122 valence electrons. The van der Waals surface area contributed by atoms with Gasteiger partial charge in [0.25, 0.3) is 0 Å². The minimum atomic E-state index is -0.146. The van der Waals surface area contributed by atoms with Crippen molar-refractivity contribution in [3.05, 3.63) is 18.3 Å². The summed E-state index contributed by atoms with van der Waals surface area (Å²) in [7, 11) is 3.64. The first kappa shape index (κ1) is 16.7. The topological polar surface area (TPSA) is 57.7 Å². The molecule has 22 heavy (non-hydrogen) atoms. The number of hydrogen-bond donors (Lipinski definition) is 1. The average molecular weight is 306 g/mol. The monoisotopic (exact) mass is 306 g/mol. The fraction of sp³-hybridized carbons (Fsp3) is 0.625. The van der Waals surface area contributed by atoms with Crippen molar-refractivity contribution < 1.29 is 9.53 Å². The fourth-order valence-corrected chi connectivity index (χ4v) is 2.85. The van der Waals surface area contributed by atoms with Crippen LogP contribution in [-0.2, 0) is 9.53 Å². The molecule has 1 aromatic heterocycles. The SMILES string of the molecule is CCN(CC)c1ccc(NC(=O)[C@@H]2C[C@H](OC)CN2C)cn1. The zero-order chi connectivity index (χ0) is 16.1. The number of methoxy groups -OCH3 is 1. The highest BCUT2D eigenvalue weighted by Gasteiger charge is 2.34. The smallest absolute Gasteiger partial charge is 0.241 e. The van der Waals surface area contributed by atoms with Crippen molar-refractivity contribution in [2.75, 3.05) is 44.0 Å². The lowest BCUT2D eigenvalue weighted by Gasteiger charge is -2.20. The lowest BCUT2D eigenvalue weighted by Crippen LogP contribution is -2.37. The molecule has 1 fully saturated rings. The van der Waals surface area contributed by atoms with E-state index in [1.807, 2.05) is 24.1 Å². The highest BCUT2D eigenvalue weighted by atomic mass is 16.5. The Labute approximate surface area is 132 Å². The van der Waals surface area contributed by atoms with Crippen LogP contribution in [0, 0.1) is 0 Å². The summed E-state index contributed by atoms with van der Waals surface area (Å²) < 4.78 is 5.34. The molecule has 0 radical (unpaired) electrons. The van der Waals surface area contributed by atoms with E-state index >= 15 is 0 Å². The molecule has 1 saturated heterocycles. The summed E-state index contributed by atoms with van der Waals surface area (Å²) >= 11 is 0. The summed E-state index contributed by atoms with van der Waals surface area (Å²) in [4.78, 5) is 21.0. The summed E-state index contributed by atoms with van der Waals surface area (Å²) in [5.74, 6) is 0.930. The number of rotatable bonds is 6. The quantitative estimate of drug-likeness (QED) is 0.865. The molecule has 6 nitrogen and oxygen atoms in total. The second-order valence-corrected chi connectivity index (χ2v) is 5.62. The molecule has 0 unspecified atom stereocenters. The Balaban J connectivity index is 1.97. The number of anilines is 2. The van der Waals surface area contributed by atoms with Gasteiger partial charge in [0.15, 0.2) is 0 Å². The lowest BCUT2D eigenvalue weighted by atomic mass is 10.2. The number of amides is 1. The normalized spacial score (nSPS) is 21.8. The number of carbonyl (C=O) groups is 1. The molecule has 1 aliphatic rings. The minimum absolute atomic E-state index is 0.000519. The Hall–Kier alpha value is -1.66. The van der Waals surface area contributed by atoms with Crippen molar-refractivity contribution >= 4 is 17.4 Å². The number of nitrogens with one attached hydrogen (secondary N) is 1. The van der Waals surface area contributed by atoms with Crippen LogP contribution < -0.4 is 10.2 Å². The molecule has 1 aliphatic heterocycles. The molecule has 0 aliphatic carbocycles. The second kappa shape index (κ2) is 7.56. The Kier molecular flexibility index (Phi) is 5.74. The third-order valence-electron chi connectivity index (χ3n) is 4.25. The maximum absolute atomic E-state index is 12.4. The summed E-state index contributed by atoms with van der Waals surface area (Å²) in [6, 6.07) is 3.70. The lowest BCUT2D eigenvalue weighted by molar-refractivity contribution is -0.120. The number of pyridine rings is 1. The van der Waals surface area contributed by atoms with Gasteiger partial charge in [-0.2, -0.15) is 0 Å². The van der Waals surface area contributed by atoms with Crippen LogP contribution in [0.4, 0.5) is 11.5 Å². The van der Waals surface area contributed by atoms with Crippen molar-refractivity contribution in [2.24, 2.45) is 0 Å². The van der Waals surface area contributed by atoms with Crippen LogP contribution in [0.15, 0.2) is 18.3 Å². The predicted molar refractivity (Wildman–Crippen MR) is 88.3 cm³/mol. The van der Waals surface area contributed by atoms with Crippen LogP contribution in [0.2, 0.25) is 0 Å². The van der Waals surface area contributed by atoms with Gasteiger partial charge in [0.05, 0.1) is 24.0 Å². The van der Waals surface area contributed by atoms with Gasteiger partial charge < -0.3 is 15.0 Å². The highest BCUT2D eigenvalue weighted by Crippen LogP contribution is 2.20. The Morgan fingerprint density at radius 3 is 2.68 bits per heavy atom. The fourth-order valence-electron chi connectivity index (χ4n) is 2.85. The van der Waals surface area contributed by atoms with Gasteiger partial charge in [-0.1, -0.05) is 0 Å². The van der Waals surface area contributed by atoms with Gasteiger partial charge in [-0.15, -0.1) is 0 Å². The molecule has 1 amide bonds. The Bertz CT molecular complexity index is 487. The van der Waals surface area contributed by atoms with E-state index in [-0.39, 0.29) is 18.1 Å². The summed E-state index contributed by atoms with van der Waals surface area (Å²) in [6.45, 7) is 6.82. The molecule has 6 heteroatoms. The third-order valence-corrected chi connectivity index (χ3v) is 4.25. The van der Waals surface area contributed by atoms with Gasteiger partial charge in [0.1, 0.15) is 5.82 Å². The summed E-state index contributed by atoms with van der Waals surface area (Å²) in [5, 5.41) is 2.94. The van der Waals surface area contributed by atoms with Gasteiger partial charge >= 0.3 is 0 Å². The van der Waals surface area contributed by atoms with Crippen molar-refractivity contribution in [1.82, 2.24) is 9.88 Å². The van der Waals surface area contributed by atoms with E-state index in [1.54, 1.807) is 13.3 Å². The minimum Gasteiger partial charge on any atom is -0.380 e. The molecule has 2 rings (SSSR count). The van der Waals surface area contributed by atoms with Crippen LogP contribution in [-0.4, -0.2) is 61.7 Å². The molecule has 2 heterocycles. The number of ether oxygens (including phenoxy) is 1. The number of aromatic nitrogens is 1. The van der Waals surface area contributed by atoms with E-state index in [9.17, 15) is 4.79 Å². The van der Waals surface area contributed by atoms with Crippen LogP contribution in [0.5, 0.6) is 0 Å². The van der Waals surface area contributed by atoms with Gasteiger partial charge in [-0.3, -0.25) is 9.69 Å². The predicted octanol–water partition coefficient (Wildman–Crippen LogP) is 1.59. The largest absolute Gasteiger partial charge is 0.380 e. The van der Waals surface area contributed by atoms with Gasteiger partial charge in [0.2, 0.25) is 5.91 Å². The number of nitrogens with zero attached hydrogens (tertiary/aromatic N) is 3. The van der Waals surface area contributed by atoms with E-state index in [4.69, 9.17) is 4.74 Å². The van der Waals surface area contributed by atoms with Gasteiger partial charge in [-0.25, -0.2) is 4.98 Å².